The summed E-state index contributed by atoms with van der Waals surface area (Å²) in [4.78, 5) is 27.0. The molecule has 0 fully saturated rings. The van der Waals surface area contributed by atoms with Crippen LogP contribution in [0.3, 0.4) is 0 Å². The second-order valence-corrected chi connectivity index (χ2v) is 16.9. The fourth-order valence-electron chi connectivity index (χ4n) is 8.04. The molecule has 2 rings (SSSR count). The van der Waals surface area contributed by atoms with Crippen LogP contribution in [-0.2, 0) is 5.66 Å². The van der Waals surface area contributed by atoms with E-state index in [1.165, 1.54) is 180 Å². The topological polar surface area (TPSA) is 82.3 Å². The van der Waals surface area contributed by atoms with Crippen molar-refractivity contribution in [2.24, 2.45) is 0 Å². The molecule has 0 radical (unpaired) electrons. The van der Waals surface area contributed by atoms with Gasteiger partial charge in [-0.3, -0.25) is 0 Å². The van der Waals surface area contributed by atoms with E-state index in [0.29, 0.717) is 13.1 Å². The van der Waals surface area contributed by atoms with Crippen molar-refractivity contribution in [3.05, 3.63) is 71.8 Å². The third-order valence-corrected chi connectivity index (χ3v) is 11.6. The standard InChI is InChI=1S/C51H88N4O2/c1-3-5-7-9-11-13-15-17-19-21-23-25-27-29-31-39-45-52-49(56)54-51(47-41-35-33-36-42-47,48-43-37-34-38-44-48)55-50(57)53-46-40-32-30-28-26-24-22-20-18-16-14-12-10-8-6-4-2/h33-38,41-44H,3-32,39-40,45-46H2,1-2H3,(H2,52,54,56)(H2,53,55,57). The van der Waals surface area contributed by atoms with Crippen molar-refractivity contribution in [2.45, 2.75) is 225 Å². The summed E-state index contributed by atoms with van der Waals surface area (Å²) in [5, 5.41) is 12.5. The van der Waals surface area contributed by atoms with Gasteiger partial charge in [0.25, 0.3) is 0 Å². The molecule has 6 nitrogen and oxygen atoms in total. The molecule has 0 saturated carbocycles. The van der Waals surface area contributed by atoms with Gasteiger partial charge >= 0.3 is 12.1 Å². The quantitative estimate of drug-likeness (QED) is 0.0404. The van der Waals surface area contributed by atoms with Gasteiger partial charge in [-0.05, 0) is 12.8 Å². The summed E-state index contributed by atoms with van der Waals surface area (Å²) in [5.41, 5.74) is 0.373. The first kappa shape index (κ1) is 50.1. The van der Waals surface area contributed by atoms with E-state index in [9.17, 15) is 9.59 Å². The van der Waals surface area contributed by atoms with Crippen LogP contribution >= 0.6 is 0 Å². The highest BCUT2D eigenvalue weighted by molar-refractivity contribution is 5.80. The van der Waals surface area contributed by atoms with Crippen LogP contribution in [0, 0.1) is 0 Å². The molecule has 0 saturated heterocycles. The van der Waals surface area contributed by atoms with Gasteiger partial charge in [0.1, 0.15) is 0 Å². The lowest BCUT2D eigenvalue weighted by Gasteiger charge is -2.36. The van der Waals surface area contributed by atoms with Crippen LogP contribution in [0.5, 0.6) is 0 Å². The number of carbonyl (C=O) groups is 2. The van der Waals surface area contributed by atoms with Crippen molar-refractivity contribution in [2.75, 3.05) is 13.1 Å². The van der Waals surface area contributed by atoms with E-state index in [1.54, 1.807) is 0 Å². The number of nitrogens with one attached hydrogen (secondary N) is 4. The van der Waals surface area contributed by atoms with Crippen LogP contribution in [0.4, 0.5) is 9.59 Å². The zero-order chi connectivity index (χ0) is 40.8. The molecule has 0 aromatic heterocycles. The highest BCUT2D eigenvalue weighted by atomic mass is 16.2. The van der Waals surface area contributed by atoms with Crippen LogP contribution in [0.2, 0.25) is 0 Å². The van der Waals surface area contributed by atoms with E-state index in [2.05, 4.69) is 35.1 Å². The molecule has 324 valence electrons. The largest absolute Gasteiger partial charge is 0.338 e. The zero-order valence-electron chi connectivity index (χ0n) is 37.1. The predicted molar refractivity (Wildman–Crippen MR) is 246 cm³/mol. The molecule has 0 aliphatic carbocycles. The molecule has 0 atom stereocenters. The van der Waals surface area contributed by atoms with Gasteiger partial charge in [-0.1, -0.05) is 267 Å². The minimum atomic E-state index is -1.22. The summed E-state index contributed by atoms with van der Waals surface area (Å²) < 4.78 is 0. The second-order valence-electron chi connectivity index (χ2n) is 16.9. The molecule has 6 heteroatoms. The van der Waals surface area contributed by atoms with Gasteiger partial charge in [-0.15, -0.1) is 0 Å². The Morgan fingerprint density at radius 2 is 0.579 bits per heavy atom. The number of unbranched alkanes of at least 4 members (excludes halogenated alkanes) is 30. The summed E-state index contributed by atoms with van der Waals surface area (Å²) in [6.45, 7) is 5.78. The number of urea groups is 2. The van der Waals surface area contributed by atoms with E-state index < -0.39 is 5.66 Å². The summed E-state index contributed by atoms with van der Waals surface area (Å²) in [7, 11) is 0. The van der Waals surface area contributed by atoms with Gasteiger partial charge < -0.3 is 21.3 Å². The normalized spacial score (nSPS) is 11.4. The summed E-state index contributed by atoms with van der Waals surface area (Å²) in [6.07, 6.45) is 42.3. The predicted octanol–water partition coefficient (Wildman–Crippen LogP) is 15.0. The first-order valence-corrected chi connectivity index (χ1v) is 24.4. The van der Waals surface area contributed by atoms with Crippen LogP contribution < -0.4 is 21.3 Å². The van der Waals surface area contributed by atoms with E-state index in [1.807, 2.05) is 60.7 Å². The summed E-state index contributed by atoms with van der Waals surface area (Å²) in [5.74, 6) is 0. The average molecular weight is 789 g/mol. The maximum atomic E-state index is 13.5. The van der Waals surface area contributed by atoms with Crippen molar-refractivity contribution in [3.8, 4) is 0 Å². The maximum Gasteiger partial charge on any atom is 0.317 e. The average Bonchev–Trinajstić information content (AvgIpc) is 3.23. The Bertz CT molecular complexity index is 1100. The van der Waals surface area contributed by atoms with Gasteiger partial charge in [-0.2, -0.15) is 0 Å². The molecule has 4 amide bonds. The minimum absolute atomic E-state index is 0.290. The lowest BCUT2D eigenvalue weighted by molar-refractivity contribution is 0.212. The van der Waals surface area contributed by atoms with E-state index >= 15 is 0 Å². The molecule has 2 aromatic carbocycles. The summed E-state index contributed by atoms with van der Waals surface area (Å²) in [6, 6.07) is 18.9. The molecule has 2 aromatic rings. The Hall–Kier alpha value is -3.02. The molecule has 57 heavy (non-hydrogen) atoms. The van der Waals surface area contributed by atoms with Crippen molar-refractivity contribution in [1.82, 2.24) is 21.3 Å². The van der Waals surface area contributed by atoms with Gasteiger partial charge in [0.05, 0.1) is 0 Å². The lowest BCUT2D eigenvalue weighted by Crippen LogP contribution is -2.62. The molecular weight excluding hydrogens is 701 g/mol. The summed E-state index contributed by atoms with van der Waals surface area (Å²) >= 11 is 0. The molecule has 4 N–H and O–H groups in total. The third-order valence-electron chi connectivity index (χ3n) is 11.6. The molecule has 0 bridgehead atoms. The Morgan fingerprint density at radius 1 is 0.351 bits per heavy atom. The first-order chi connectivity index (χ1) is 28.1. The van der Waals surface area contributed by atoms with E-state index in [4.69, 9.17) is 0 Å². The van der Waals surface area contributed by atoms with Crippen molar-refractivity contribution in [1.29, 1.82) is 0 Å². The third kappa shape index (κ3) is 25.9. The fraction of sp³-hybridized carbons (Fsp3) is 0.725. The van der Waals surface area contributed by atoms with Crippen LogP contribution in [0.15, 0.2) is 60.7 Å². The number of rotatable bonds is 38. The fourth-order valence-corrected chi connectivity index (χ4v) is 8.04. The Morgan fingerprint density at radius 3 is 0.825 bits per heavy atom. The second kappa shape index (κ2) is 36.1. The van der Waals surface area contributed by atoms with Gasteiger partial charge in [-0.25, -0.2) is 9.59 Å². The smallest absolute Gasteiger partial charge is 0.317 e. The lowest BCUT2D eigenvalue weighted by atomic mass is 9.91. The number of benzene rings is 2. The zero-order valence-corrected chi connectivity index (χ0v) is 37.1. The van der Waals surface area contributed by atoms with Gasteiger partial charge in [0.15, 0.2) is 5.66 Å². The van der Waals surface area contributed by atoms with Crippen molar-refractivity contribution < 1.29 is 9.59 Å². The molecule has 0 heterocycles. The molecular formula is C51H88N4O2. The number of amides is 4. The molecule has 0 spiro atoms. The Labute approximate surface area is 351 Å². The van der Waals surface area contributed by atoms with Crippen molar-refractivity contribution in [3.63, 3.8) is 0 Å². The molecule has 0 aliphatic rings. The Balaban J connectivity index is 1.66. The monoisotopic (exact) mass is 789 g/mol. The van der Waals surface area contributed by atoms with Crippen molar-refractivity contribution >= 4 is 12.1 Å². The minimum Gasteiger partial charge on any atom is -0.338 e. The SMILES string of the molecule is CCCCCCCCCCCCCCCCCCNC(=O)NC(NC(=O)NCCCCCCCCCCCCCCCCCC)(c1ccccc1)c1ccccc1. The van der Waals surface area contributed by atoms with E-state index in [0.717, 1.165) is 36.8 Å². The maximum absolute atomic E-state index is 13.5. The molecule has 0 aliphatic heterocycles. The van der Waals surface area contributed by atoms with Crippen LogP contribution in [0.1, 0.15) is 230 Å². The number of hydrogen-bond donors (Lipinski definition) is 4. The van der Waals surface area contributed by atoms with Crippen LogP contribution in [-0.4, -0.2) is 25.2 Å². The number of hydrogen-bond acceptors (Lipinski definition) is 2. The number of carbonyl (C=O) groups excluding carboxylic acids is 2. The molecule has 0 unspecified atom stereocenters. The highest BCUT2D eigenvalue weighted by Crippen LogP contribution is 2.27. The first-order valence-electron chi connectivity index (χ1n) is 24.4. The highest BCUT2D eigenvalue weighted by Gasteiger charge is 2.37. The van der Waals surface area contributed by atoms with E-state index in [-0.39, 0.29) is 12.1 Å². The van der Waals surface area contributed by atoms with Crippen LogP contribution in [0.25, 0.3) is 0 Å². The van der Waals surface area contributed by atoms with Gasteiger partial charge in [0.2, 0.25) is 0 Å². The Kier molecular flexibility index (Phi) is 31.7. The van der Waals surface area contributed by atoms with Gasteiger partial charge in [0, 0.05) is 24.2 Å².